The number of phenols is 1. The van der Waals surface area contributed by atoms with Crippen molar-refractivity contribution >= 4 is 23.2 Å². The van der Waals surface area contributed by atoms with E-state index in [0.29, 0.717) is 43.9 Å². The fourth-order valence-corrected chi connectivity index (χ4v) is 6.63. The fraction of sp³-hybridized carbons (Fsp3) is 0.316. The van der Waals surface area contributed by atoms with Crippen LogP contribution in [-0.4, -0.2) is 82.6 Å². The molecule has 0 bridgehead atoms. The van der Waals surface area contributed by atoms with E-state index in [9.17, 15) is 24.9 Å². The molecule has 12 nitrogen and oxygen atoms in total. The molecule has 4 aromatic carbocycles. The van der Waals surface area contributed by atoms with Gasteiger partial charge in [0.05, 0.1) is 56.7 Å². The molecule has 2 unspecified atom stereocenters. The third-order valence-corrected chi connectivity index (χ3v) is 9.39. The lowest BCUT2D eigenvalue weighted by Gasteiger charge is -2.36. The lowest BCUT2D eigenvalue weighted by Crippen LogP contribution is -2.46. The van der Waals surface area contributed by atoms with E-state index < -0.39 is 6.04 Å². The van der Waals surface area contributed by atoms with Gasteiger partial charge in [0.15, 0.2) is 23.0 Å². The highest BCUT2D eigenvalue weighted by molar-refractivity contribution is 6.01. The van der Waals surface area contributed by atoms with Crippen LogP contribution in [0.3, 0.4) is 0 Å². The Bertz CT molecular complexity index is 1880. The van der Waals surface area contributed by atoms with Crippen molar-refractivity contribution in [2.75, 3.05) is 45.0 Å². The van der Waals surface area contributed by atoms with Crippen molar-refractivity contribution in [1.82, 2.24) is 9.80 Å². The Hall–Kier alpha value is -5.46. The number of nitrogens with zero attached hydrogens (tertiary/aromatic N) is 2. The molecule has 0 radical (unpaired) electrons. The number of aliphatic hydroxyl groups is 2. The van der Waals surface area contributed by atoms with Crippen LogP contribution in [0.4, 0.5) is 11.4 Å². The van der Waals surface area contributed by atoms with E-state index in [1.54, 1.807) is 21.9 Å². The molecular formula is C38H42N4O8. The predicted molar refractivity (Wildman–Crippen MR) is 187 cm³/mol. The molecule has 0 saturated carbocycles. The van der Waals surface area contributed by atoms with Crippen LogP contribution in [0.5, 0.6) is 23.0 Å². The predicted octanol–water partition coefficient (Wildman–Crippen LogP) is 3.53. The van der Waals surface area contributed by atoms with Crippen molar-refractivity contribution in [1.29, 1.82) is 0 Å². The summed E-state index contributed by atoms with van der Waals surface area (Å²) < 4.78 is 17.2. The second kappa shape index (κ2) is 15.0. The van der Waals surface area contributed by atoms with Crippen molar-refractivity contribution in [2.45, 2.75) is 44.4 Å². The molecule has 2 atom stereocenters. The molecule has 0 aromatic heterocycles. The Morgan fingerprint density at radius 1 is 0.700 bits per heavy atom. The number of anilines is 2. The van der Waals surface area contributed by atoms with Gasteiger partial charge in [-0.3, -0.25) is 9.59 Å². The highest BCUT2D eigenvalue weighted by atomic mass is 16.5. The monoisotopic (exact) mass is 682 g/mol. The number of ether oxygens (including phenoxy) is 3. The SMILES string of the molecule is COc1cc(C(=O)N2Cc3ccccc3CC2CO)c(N)cc1OCCCOc1cc(N)c(C(=O)N2Cc3ccccc3CC2CO)cc1O. The van der Waals surface area contributed by atoms with Crippen LogP contribution >= 0.6 is 0 Å². The van der Waals surface area contributed by atoms with Crippen molar-refractivity contribution < 1.29 is 39.1 Å². The molecule has 7 N–H and O–H groups in total. The van der Waals surface area contributed by atoms with Crippen molar-refractivity contribution in [2.24, 2.45) is 0 Å². The second-order valence-electron chi connectivity index (χ2n) is 12.5. The summed E-state index contributed by atoms with van der Waals surface area (Å²) in [6.45, 7) is 0.665. The minimum atomic E-state index is -0.410. The standard InChI is InChI=1S/C38H42N4O8/c1-48-35-16-30(38(47)42-20-26-10-5-3-8-24(26)14-28(42)22-44)32(40)18-36(35)50-12-6-11-49-34-17-31(39)29(15-33(34)45)37(46)41-19-25-9-4-2-7-23(25)13-27(41)21-43/h2-5,7-10,15-18,27-28,43-45H,6,11-14,19-22,39-40H2,1H3. The average molecular weight is 683 g/mol. The first-order chi connectivity index (χ1) is 24.2. The van der Waals surface area contributed by atoms with E-state index >= 15 is 0 Å². The second-order valence-corrected chi connectivity index (χ2v) is 12.5. The zero-order valence-electron chi connectivity index (χ0n) is 27.9. The van der Waals surface area contributed by atoms with Crippen LogP contribution in [0.25, 0.3) is 0 Å². The number of benzene rings is 4. The van der Waals surface area contributed by atoms with Gasteiger partial charge >= 0.3 is 0 Å². The summed E-state index contributed by atoms with van der Waals surface area (Å²) in [6.07, 6.45) is 1.47. The number of carbonyl (C=O) groups excluding carboxylic acids is 2. The molecule has 0 fully saturated rings. The average Bonchev–Trinajstić information content (AvgIpc) is 3.14. The van der Waals surface area contributed by atoms with Gasteiger partial charge in [0.1, 0.15) is 0 Å². The van der Waals surface area contributed by atoms with Gasteiger partial charge in [0.2, 0.25) is 0 Å². The maximum absolute atomic E-state index is 13.6. The molecule has 2 heterocycles. The lowest BCUT2D eigenvalue weighted by molar-refractivity contribution is 0.0540. The minimum absolute atomic E-state index is 0.118. The first-order valence-corrected chi connectivity index (χ1v) is 16.5. The van der Waals surface area contributed by atoms with Crippen LogP contribution in [0, 0.1) is 0 Å². The molecule has 50 heavy (non-hydrogen) atoms. The first kappa shape index (κ1) is 34.4. The van der Waals surface area contributed by atoms with Crippen LogP contribution in [0.15, 0.2) is 72.8 Å². The van der Waals surface area contributed by atoms with Gasteiger partial charge in [0.25, 0.3) is 11.8 Å². The third-order valence-electron chi connectivity index (χ3n) is 9.39. The minimum Gasteiger partial charge on any atom is -0.504 e. The van der Waals surface area contributed by atoms with Crippen LogP contribution in [0.1, 0.15) is 49.4 Å². The topological polar surface area (TPSA) is 181 Å². The Labute approximate surface area is 290 Å². The van der Waals surface area contributed by atoms with Crippen molar-refractivity contribution in [3.63, 3.8) is 0 Å². The van der Waals surface area contributed by atoms with Crippen LogP contribution in [0.2, 0.25) is 0 Å². The van der Waals surface area contributed by atoms with Crippen molar-refractivity contribution in [3.8, 4) is 23.0 Å². The number of methoxy groups -OCH3 is 1. The first-order valence-electron chi connectivity index (χ1n) is 16.5. The maximum Gasteiger partial charge on any atom is 0.256 e. The number of nitrogens with two attached hydrogens (primary N) is 2. The molecular weight excluding hydrogens is 640 g/mol. The van der Waals surface area contributed by atoms with Gasteiger partial charge in [-0.1, -0.05) is 48.5 Å². The summed E-state index contributed by atoms with van der Waals surface area (Å²) in [7, 11) is 1.47. The summed E-state index contributed by atoms with van der Waals surface area (Å²) in [5, 5.41) is 30.8. The number of aliphatic hydroxyl groups excluding tert-OH is 2. The number of fused-ring (bicyclic) bond motifs is 2. The number of phenolic OH excluding ortho intramolecular Hbond substituents is 1. The van der Waals surface area contributed by atoms with Gasteiger partial charge in [-0.05, 0) is 47.2 Å². The molecule has 0 spiro atoms. The molecule has 6 rings (SSSR count). The van der Waals surface area contributed by atoms with Gasteiger partial charge in [0, 0.05) is 43.0 Å². The highest BCUT2D eigenvalue weighted by Gasteiger charge is 2.33. The van der Waals surface area contributed by atoms with Crippen molar-refractivity contribution in [3.05, 3.63) is 106 Å². The molecule has 2 aliphatic heterocycles. The Balaban J connectivity index is 1.06. The molecule has 2 amide bonds. The molecule has 0 aliphatic carbocycles. The summed E-state index contributed by atoms with van der Waals surface area (Å²) >= 11 is 0. The van der Waals surface area contributed by atoms with E-state index in [-0.39, 0.29) is 78.3 Å². The zero-order valence-corrected chi connectivity index (χ0v) is 27.9. The maximum atomic E-state index is 13.6. The smallest absolute Gasteiger partial charge is 0.256 e. The fourth-order valence-electron chi connectivity index (χ4n) is 6.63. The van der Waals surface area contributed by atoms with E-state index in [2.05, 4.69) is 0 Å². The number of rotatable bonds is 11. The van der Waals surface area contributed by atoms with Gasteiger partial charge in [-0.2, -0.15) is 0 Å². The van der Waals surface area contributed by atoms with Gasteiger partial charge < -0.3 is 50.8 Å². The van der Waals surface area contributed by atoms with Crippen LogP contribution < -0.4 is 25.7 Å². The Kier molecular flexibility index (Phi) is 10.3. The third kappa shape index (κ3) is 6.98. The number of carbonyl (C=O) groups is 2. The summed E-state index contributed by atoms with van der Waals surface area (Å²) in [6, 6.07) is 20.7. The molecule has 262 valence electrons. The Morgan fingerprint density at radius 3 is 1.66 bits per heavy atom. The lowest BCUT2D eigenvalue weighted by atomic mass is 9.93. The number of hydrogen-bond acceptors (Lipinski definition) is 10. The highest BCUT2D eigenvalue weighted by Crippen LogP contribution is 2.36. The number of hydrogen-bond donors (Lipinski definition) is 5. The van der Waals surface area contributed by atoms with E-state index in [4.69, 9.17) is 25.7 Å². The largest absolute Gasteiger partial charge is 0.504 e. The molecule has 4 aromatic rings. The van der Waals surface area contributed by atoms with Gasteiger partial charge in [-0.15, -0.1) is 0 Å². The number of aromatic hydroxyl groups is 1. The molecule has 0 saturated heterocycles. The number of amides is 2. The quantitative estimate of drug-likeness (QED) is 0.0892. The summed E-state index contributed by atoms with van der Waals surface area (Å²) in [4.78, 5) is 30.3. The Morgan fingerprint density at radius 2 is 1.16 bits per heavy atom. The number of nitrogen functional groups attached to an aromatic ring is 2. The van der Waals surface area contributed by atoms with E-state index in [1.807, 2.05) is 48.5 Å². The van der Waals surface area contributed by atoms with Gasteiger partial charge in [-0.25, -0.2) is 0 Å². The summed E-state index contributed by atoms with van der Waals surface area (Å²) in [5.74, 6) is -0.143. The van der Waals surface area contributed by atoms with E-state index in [1.165, 1.54) is 19.2 Å². The van der Waals surface area contributed by atoms with Crippen LogP contribution in [-0.2, 0) is 25.9 Å². The molecule has 12 heteroatoms. The molecule has 2 aliphatic rings. The normalized spacial score (nSPS) is 16.7. The van der Waals surface area contributed by atoms with E-state index in [0.717, 1.165) is 22.3 Å². The summed E-state index contributed by atoms with van der Waals surface area (Å²) in [5.41, 5.74) is 17.6. The zero-order chi connectivity index (χ0) is 35.4.